The van der Waals surface area contributed by atoms with Crippen LogP contribution in [0.15, 0.2) is 60.8 Å². The van der Waals surface area contributed by atoms with Crippen molar-refractivity contribution in [2.75, 3.05) is 31.0 Å². The molecule has 29 heavy (non-hydrogen) atoms. The van der Waals surface area contributed by atoms with E-state index in [1.165, 1.54) is 11.1 Å². The fourth-order valence-electron chi connectivity index (χ4n) is 3.49. The molecule has 1 amide bonds. The van der Waals surface area contributed by atoms with Crippen LogP contribution in [-0.4, -0.2) is 31.7 Å². The maximum atomic E-state index is 12.6. The average molecular weight is 389 g/mol. The van der Waals surface area contributed by atoms with Crippen molar-refractivity contribution in [2.45, 2.75) is 13.0 Å². The third kappa shape index (κ3) is 4.16. The molecule has 1 N–H and O–H groups in total. The Morgan fingerprint density at radius 3 is 2.38 bits per heavy atom. The second-order valence-corrected chi connectivity index (χ2v) is 6.90. The molecule has 0 aliphatic carbocycles. The van der Waals surface area contributed by atoms with Gasteiger partial charge in [0, 0.05) is 24.7 Å². The Balaban J connectivity index is 1.46. The number of ether oxygens (including phenoxy) is 2. The van der Waals surface area contributed by atoms with Gasteiger partial charge in [-0.1, -0.05) is 24.3 Å². The summed E-state index contributed by atoms with van der Waals surface area (Å²) in [4.78, 5) is 19.3. The summed E-state index contributed by atoms with van der Waals surface area (Å²) >= 11 is 0. The molecule has 0 bridgehead atoms. The van der Waals surface area contributed by atoms with Gasteiger partial charge >= 0.3 is 0 Å². The highest BCUT2D eigenvalue weighted by molar-refractivity contribution is 6.04. The first-order valence-electron chi connectivity index (χ1n) is 9.48. The van der Waals surface area contributed by atoms with Gasteiger partial charge in [0.05, 0.1) is 26.1 Å². The number of nitrogens with one attached hydrogen (secondary N) is 1. The maximum Gasteiger partial charge on any atom is 0.257 e. The number of pyridine rings is 1. The number of benzene rings is 2. The zero-order valence-electron chi connectivity index (χ0n) is 16.5. The minimum Gasteiger partial charge on any atom is -0.497 e. The normalized spacial score (nSPS) is 12.8. The predicted molar refractivity (Wildman–Crippen MR) is 113 cm³/mol. The van der Waals surface area contributed by atoms with Crippen LogP contribution in [0.25, 0.3) is 0 Å². The van der Waals surface area contributed by atoms with E-state index in [1.54, 1.807) is 38.6 Å². The highest BCUT2D eigenvalue weighted by atomic mass is 16.5. The maximum absolute atomic E-state index is 12.6. The molecule has 1 aliphatic heterocycles. The second kappa shape index (κ2) is 8.22. The van der Waals surface area contributed by atoms with E-state index in [9.17, 15) is 4.79 Å². The monoisotopic (exact) mass is 389 g/mol. The molecule has 148 valence electrons. The van der Waals surface area contributed by atoms with E-state index in [4.69, 9.17) is 9.47 Å². The van der Waals surface area contributed by atoms with Crippen molar-refractivity contribution < 1.29 is 14.3 Å². The molecule has 4 rings (SSSR count). The van der Waals surface area contributed by atoms with Gasteiger partial charge in [0.25, 0.3) is 5.91 Å². The number of nitrogens with zero attached hydrogens (tertiary/aromatic N) is 2. The number of hydrogen-bond donors (Lipinski definition) is 1. The lowest BCUT2D eigenvalue weighted by Gasteiger charge is -2.30. The van der Waals surface area contributed by atoms with E-state index in [2.05, 4.69) is 39.5 Å². The van der Waals surface area contributed by atoms with Crippen LogP contribution in [0.3, 0.4) is 0 Å². The zero-order chi connectivity index (χ0) is 20.2. The number of hydrogen-bond acceptors (Lipinski definition) is 5. The summed E-state index contributed by atoms with van der Waals surface area (Å²) < 4.78 is 10.4. The number of carbonyl (C=O) groups is 1. The first-order chi connectivity index (χ1) is 14.2. The third-order valence-corrected chi connectivity index (χ3v) is 5.10. The molecule has 6 heteroatoms. The lowest BCUT2D eigenvalue weighted by molar-refractivity contribution is 0.102. The number of rotatable bonds is 5. The fourth-order valence-corrected chi connectivity index (χ4v) is 3.49. The molecule has 1 aromatic heterocycles. The second-order valence-electron chi connectivity index (χ2n) is 6.90. The van der Waals surface area contributed by atoms with Gasteiger partial charge in [-0.05, 0) is 41.8 Å². The SMILES string of the molecule is COc1cc(OC)cc(C(=O)Nc2ccc(N3CCc4ccccc4C3)cn2)c1. The van der Waals surface area contributed by atoms with Crippen molar-refractivity contribution >= 4 is 17.4 Å². The number of methoxy groups -OCH3 is 2. The van der Waals surface area contributed by atoms with E-state index < -0.39 is 0 Å². The van der Waals surface area contributed by atoms with E-state index in [0.717, 1.165) is 25.2 Å². The Kier molecular flexibility index (Phi) is 5.33. The summed E-state index contributed by atoms with van der Waals surface area (Å²) in [7, 11) is 3.10. The highest BCUT2D eigenvalue weighted by Gasteiger charge is 2.17. The fraction of sp³-hybridized carbons (Fsp3) is 0.217. The number of aromatic nitrogens is 1. The van der Waals surface area contributed by atoms with Crippen LogP contribution in [0.5, 0.6) is 11.5 Å². The van der Waals surface area contributed by atoms with Crippen LogP contribution in [0.4, 0.5) is 11.5 Å². The van der Waals surface area contributed by atoms with Crippen molar-refractivity contribution in [1.82, 2.24) is 4.98 Å². The largest absolute Gasteiger partial charge is 0.497 e. The molecular formula is C23H23N3O3. The summed E-state index contributed by atoms with van der Waals surface area (Å²) in [6.07, 6.45) is 2.82. The Morgan fingerprint density at radius 1 is 1.00 bits per heavy atom. The van der Waals surface area contributed by atoms with E-state index in [-0.39, 0.29) is 5.91 Å². The van der Waals surface area contributed by atoms with Crippen LogP contribution >= 0.6 is 0 Å². The van der Waals surface area contributed by atoms with Gasteiger partial charge in [0.2, 0.25) is 0 Å². The first kappa shape index (κ1) is 18.8. The Hall–Kier alpha value is -3.54. The minimum absolute atomic E-state index is 0.269. The van der Waals surface area contributed by atoms with Crippen molar-refractivity contribution in [3.8, 4) is 11.5 Å². The van der Waals surface area contributed by atoms with Gasteiger partial charge < -0.3 is 19.7 Å². The van der Waals surface area contributed by atoms with Gasteiger partial charge in [-0.25, -0.2) is 4.98 Å². The zero-order valence-corrected chi connectivity index (χ0v) is 16.5. The topological polar surface area (TPSA) is 63.7 Å². The summed E-state index contributed by atoms with van der Waals surface area (Å²) in [5, 5.41) is 2.83. The van der Waals surface area contributed by atoms with E-state index in [1.807, 2.05) is 12.1 Å². The van der Waals surface area contributed by atoms with Crippen LogP contribution in [0.1, 0.15) is 21.5 Å². The third-order valence-electron chi connectivity index (χ3n) is 5.10. The predicted octanol–water partition coefficient (Wildman–Crippen LogP) is 3.91. The Bertz CT molecular complexity index is 996. The Labute approximate surface area is 170 Å². The molecule has 3 aromatic rings. The molecule has 0 spiro atoms. The molecule has 2 heterocycles. The highest BCUT2D eigenvalue weighted by Crippen LogP contribution is 2.25. The van der Waals surface area contributed by atoms with Gasteiger partial charge in [0.15, 0.2) is 0 Å². The number of amides is 1. The van der Waals surface area contributed by atoms with Crippen LogP contribution in [0.2, 0.25) is 0 Å². The molecule has 6 nitrogen and oxygen atoms in total. The van der Waals surface area contributed by atoms with Crippen molar-refractivity contribution in [3.05, 3.63) is 77.5 Å². The molecule has 0 saturated heterocycles. The first-order valence-corrected chi connectivity index (χ1v) is 9.48. The van der Waals surface area contributed by atoms with Gasteiger partial charge in [-0.3, -0.25) is 4.79 Å². The summed E-state index contributed by atoms with van der Waals surface area (Å²) in [6.45, 7) is 1.82. The molecule has 2 aromatic carbocycles. The smallest absolute Gasteiger partial charge is 0.257 e. The average Bonchev–Trinajstić information content (AvgIpc) is 2.78. The molecule has 1 aliphatic rings. The number of anilines is 2. The molecule has 0 saturated carbocycles. The summed E-state index contributed by atoms with van der Waals surface area (Å²) in [6, 6.07) is 17.4. The number of carbonyl (C=O) groups excluding carboxylic acids is 1. The van der Waals surface area contributed by atoms with Crippen LogP contribution < -0.4 is 19.7 Å². The molecule has 0 unspecified atom stereocenters. The quantitative estimate of drug-likeness (QED) is 0.717. The minimum atomic E-state index is -0.269. The lowest BCUT2D eigenvalue weighted by atomic mass is 10.00. The summed E-state index contributed by atoms with van der Waals surface area (Å²) in [5.74, 6) is 1.35. The van der Waals surface area contributed by atoms with Crippen molar-refractivity contribution in [1.29, 1.82) is 0 Å². The van der Waals surface area contributed by atoms with E-state index in [0.29, 0.717) is 22.9 Å². The van der Waals surface area contributed by atoms with Crippen LogP contribution in [0, 0.1) is 0 Å². The Morgan fingerprint density at radius 2 is 1.72 bits per heavy atom. The molecular weight excluding hydrogens is 366 g/mol. The molecule has 0 radical (unpaired) electrons. The van der Waals surface area contributed by atoms with Gasteiger partial charge in [-0.2, -0.15) is 0 Å². The van der Waals surface area contributed by atoms with Gasteiger partial charge in [0.1, 0.15) is 17.3 Å². The lowest BCUT2D eigenvalue weighted by Crippen LogP contribution is -2.30. The molecule has 0 atom stereocenters. The van der Waals surface area contributed by atoms with E-state index >= 15 is 0 Å². The van der Waals surface area contributed by atoms with Gasteiger partial charge in [-0.15, -0.1) is 0 Å². The molecule has 0 fully saturated rings. The van der Waals surface area contributed by atoms with Crippen molar-refractivity contribution in [2.24, 2.45) is 0 Å². The standard InChI is InChI=1S/C23H23N3O3/c1-28-20-11-18(12-21(13-20)29-2)23(27)25-22-8-7-19(14-24-22)26-10-9-16-5-3-4-6-17(16)15-26/h3-8,11-14H,9-10,15H2,1-2H3,(H,24,25,27). The van der Waals surface area contributed by atoms with Crippen molar-refractivity contribution in [3.63, 3.8) is 0 Å². The number of fused-ring (bicyclic) bond motifs is 1. The summed E-state index contributed by atoms with van der Waals surface area (Å²) in [5.41, 5.74) is 4.25. The van der Waals surface area contributed by atoms with Crippen LogP contribution in [-0.2, 0) is 13.0 Å².